The molecule has 0 aromatic carbocycles. The number of thiophene rings is 1. The first-order valence-electron chi connectivity index (χ1n) is 2.94. The van der Waals surface area contributed by atoms with E-state index in [0.29, 0.717) is 5.71 Å². The lowest BCUT2D eigenvalue weighted by Crippen LogP contribution is -1.92. The highest BCUT2D eigenvalue weighted by molar-refractivity contribution is 9.11. The van der Waals surface area contributed by atoms with Gasteiger partial charge in [0.2, 0.25) is 0 Å². The van der Waals surface area contributed by atoms with Crippen LogP contribution in [0, 0.1) is 16.7 Å². The van der Waals surface area contributed by atoms with E-state index in [9.17, 15) is 0 Å². The van der Waals surface area contributed by atoms with E-state index in [1.165, 1.54) is 11.3 Å². The molecule has 0 aliphatic rings. The number of nitrogens with one attached hydrogen (secondary N) is 1. The van der Waals surface area contributed by atoms with E-state index in [0.717, 1.165) is 8.66 Å². The number of hydrogen-bond acceptors (Lipinski definition) is 3. The van der Waals surface area contributed by atoms with Crippen molar-refractivity contribution in [3.05, 3.63) is 20.8 Å². The zero-order valence-corrected chi connectivity index (χ0v) is 8.00. The van der Waals surface area contributed by atoms with Gasteiger partial charge in [-0.15, -0.1) is 11.3 Å². The second-order valence-corrected chi connectivity index (χ2v) is 4.38. The summed E-state index contributed by atoms with van der Waals surface area (Å²) in [5.41, 5.74) is 0.392. The molecule has 1 rings (SSSR count). The molecular weight excluding hydrogens is 224 g/mol. The highest BCUT2D eigenvalue weighted by atomic mass is 79.9. The maximum Gasteiger partial charge on any atom is 0.0781 e. The van der Waals surface area contributed by atoms with Crippen molar-refractivity contribution in [2.24, 2.45) is 0 Å². The lowest BCUT2D eigenvalue weighted by molar-refractivity contribution is 1.35. The van der Waals surface area contributed by atoms with E-state index in [-0.39, 0.29) is 6.42 Å². The standard InChI is InChI=1S/C7H5BrN2S/c8-7-2-1-6(11-7)5(10)3-4-9/h1-2,10H,3H2. The van der Waals surface area contributed by atoms with Gasteiger partial charge in [0, 0.05) is 0 Å². The molecule has 1 heterocycles. The molecule has 0 unspecified atom stereocenters. The normalized spacial score (nSPS) is 9.09. The molecule has 0 saturated carbocycles. The molecule has 2 nitrogen and oxygen atoms in total. The van der Waals surface area contributed by atoms with Crippen molar-refractivity contribution in [2.75, 3.05) is 0 Å². The minimum atomic E-state index is 0.187. The fourth-order valence-electron chi connectivity index (χ4n) is 0.643. The van der Waals surface area contributed by atoms with Crippen LogP contribution in [0.25, 0.3) is 0 Å². The summed E-state index contributed by atoms with van der Waals surface area (Å²) in [6.07, 6.45) is 0.187. The van der Waals surface area contributed by atoms with E-state index in [1.54, 1.807) is 0 Å². The Bertz CT molecular complexity index is 310. The van der Waals surface area contributed by atoms with Gasteiger partial charge in [-0.3, -0.25) is 0 Å². The fourth-order valence-corrected chi connectivity index (χ4v) is 1.98. The number of hydrogen-bond donors (Lipinski definition) is 1. The van der Waals surface area contributed by atoms with Crippen LogP contribution in [0.5, 0.6) is 0 Å². The van der Waals surface area contributed by atoms with Gasteiger partial charge in [-0.2, -0.15) is 5.26 Å². The molecule has 4 heteroatoms. The van der Waals surface area contributed by atoms with Crippen molar-refractivity contribution < 1.29 is 0 Å². The Morgan fingerprint density at radius 3 is 2.91 bits per heavy atom. The first-order chi connectivity index (χ1) is 5.24. The second-order valence-electron chi connectivity index (χ2n) is 1.92. The maximum atomic E-state index is 8.31. The van der Waals surface area contributed by atoms with Crippen molar-refractivity contribution in [3.63, 3.8) is 0 Å². The summed E-state index contributed by atoms with van der Waals surface area (Å²) in [6.45, 7) is 0. The van der Waals surface area contributed by atoms with Crippen LogP contribution in [0.1, 0.15) is 11.3 Å². The molecule has 11 heavy (non-hydrogen) atoms. The third-order valence-electron chi connectivity index (χ3n) is 1.13. The van der Waals surface area contributed by atoms with Crippen molar-refractivity contribution in [1.82, 2.24) is 0 Å². The number of nitrogens with zero attached hydrogens (tertiary/aromatic N) is 1. The van der Waals surface area contributed by atoms with Gasteiger partial charge in [0.05, 0.1) is 26.9 Å². The summed E-state index contributed by atoms with van der Waals surface area (Å²) >= 11 is 4.77. The van der Waals surface area contributed by atoms with Gasteiger partial charge in [-0.25, -0.2) is 0 Å². The largest absolute Gasteiger partial charge is 0.303 e. The molecule has 0 aliphatic heterocycles. The Hall–Kier alpha value is -0.660. The first-order valence-corrected chi connectivity index (χ1v) is 4.55. The van der Waals surface area contributed by atoms with Crippen LogP contribution in [-0.2, 0) is 0 Å². The molecule has 0 radical (unpaired) electrons. The van der Waals surface area contributed by atoms with Gasteiger partial charge in [-0.1, -0.05) is 0 Å². The second kappa shape index (κ2) is 3.65. The zero-order valence-electron chi connectivity index (χ0n) is 5.60. The summed E-state index contributed by atoms with van der Waals surface area (Å²) in [5.74, 6) is 0. The van der Waals surface area contributed by atoms with Crippen LogP contribution in [0.15, 0.2) is 15.9 Å². The zero-order chi connectivity index (χ0) is 8.27. The quantitative estimate of drug-likeness (QED) is 0.778. The Balaban J connectivity index is 2.78. The van der Waals surface area contributed by atoms with E-state index in [4.69, 9.17) is 10.7 Å². The third-order valence-corrected chi connectivity index (χ3v) is 2.81. The van der Waals surface area contributed by atoms with Crippen molar-refractivity contribution in [2.45, 2.75) is 6.42 Å². The molecule has 0 atom stereocenters. The molecule has 0 bridgehead atoms. The monoisotopic (exact) mass is 228 g/mol. The smallest absolute Gasteiger partial charge is 0.0781 e. The summed E-state index contributed by atoms with van der Waals surface area (Å²) in [6, 6.07) is 5.66. The van der Waals surface area contributed by atoms with Crippen LogP contribution in [0.2, 0.25) is 0 Å². The Kier molecular flexibility index (Phi) is 2.80. The number of halogens is 1. The Morgan fingerprint density at radius 1 is 1.73 bits per heavy atom. The van der Waals surface area contributed by atoms with Crippen LogP contribution in [0.3, 0.4) is 0 Å². The van der Waals surface area contributed by atoms with E-state index < -0.39 is 0 Å². The third kappa shape index (κ3) is 2.14. The lowest BCUT2D eigenvalue weighted by atomic mass is 10.2. The molecule has 0 fully saturated rings. The lowest BCUT2D eigenvalue weighted by Gasteiger charge is -1.89. The molecule has 0 amide bonds. The Labute approximate surface area is 77.1 Å². The molecule has 0 aliphatic carbocycles. The van der Waals surface area contributed by atoms with Crippen LogP contribution < -0.4 is 0 Å². The van der Waals surface area contributed by atoms with Gasteiger partial charge in [0.1, 0.15) is 0 Å². The van der Waals surface area contributed by atoms with Crippen LogP contribution >= 0.6 is 27.3 Å². The molecular formula is C7H5BrN2S. The van der Waals surface area contributed by atoms with Gasteiger partial charge in [0.15, 0.2) is 0 Å². The molecule has 0 spiro atoms. The summed E-state index contributed by atoms with van der Waals surface area (Å²) in [5, 5.41) is 15.7. The number of rotatable bonds is 2. The predicted octanol–water partition coefficient (Wildman–Crippen LogP) is 2.79. The van der Waals surface area contributed by atoms with Gasteiger partial charge < -0.3 is 5.41 Å². The minimum absolute atomic E-state index is 0.187. The van der Waals surface area contributed by atoms with Gasteiger partial charge >= 0.3 is 0 Å². The topological polar surface area (TPSA) is 47.6 Å². The first kappa shape index (κ1) is 8.44. The van der Waals surface area contributed by atoms with Crippen molar-refractivity contribution in [3.8, 4) is 6.07 Å². The maximum absolute atomic E-state index is 8.31. The van der Waals surface area contributed by atoms with E-state index in [2.05, 4.69) is 15.9 Å². The molecule has 0 saturated heterocycles. The molecule has 56 valence electrons. The molecule has 1 aromatic rings. The van der Waals surface area contributed by atoms with E-state index in [1.807, 2.05) is 18.2 Å². The predicted molar refractivity (Wildman–Crippen MR) is 49.1 cm³/mol. The average Bonchev–Trinajstić information content (AvgIpc) is 2.36. The van der Waals surface area contributed by atoms with Crippen molar-refractivity contribution in [1.29, 1.82) is 10.7 Å². The highest BCUT2D eigenvalue weighted by Gasteiger charge is 2.02. The highest BCUT2D eigenvalue weighted by Crippen LogP contribution is 2.22. The van der Waals surface area contributed by atoms with E-state index >= 15 is 0 Å². The summed E-state index contributed by atoms with van der Waals surface area (Å²) in [7, 11) is 0. The Morgan fingerprint density at radius 2 is 2.45 bits per heavy atom. The SMILES string of the molecule is N#CCC(=N)c1ccc(Br)s1. The number of nitriles is 1. The molecule has 1 aromatic heterocycles. The fraction of sp³-hybridized carbons (Fsp3) is 0.143. The van der Waals surface area contributed by atoms with Gasteiger partial charge in [0.25, 0.3) is 0 Å². The van der Waals surface area contributed by atoms with Crippen LogP contribution in [-0.4, -0.2) is 5.71 Å². The van der Waals surface area contributed by atoms with Gasteiger partial charge in [-0.05, 0) is 28.1 Å². The van der Waals surface area contributed by atoms with Crippen LogP contribution in [0.4, 0.5) is 0 Å². The van der Waals surface area contributed by atoms with Crippen molar-refractivity contribution >= 4 is 33.0 Å². The molecule has 1 N–H and O–H groups in total. The average molecular weight is 229 g/mol. The summed E-state index contributed by atoms with van der Waals surface area (Å²) < 4.78 is 0.996. The summed E-state index contributed by atoms with van der Waals surface area (Å²) in [4.78, 5) is 0.860. The minimum Gasteiger partial charge on any atom is -0.303 e.